The van der Waals surface area contributed by atoms with Gasteiger partial charge in [0.05, 0.1) is 5.52 Å². The first-order valence-corrected chi connectivity index (χ1v) is 14.7. The Hall–Kier alpha value is -5.48. The van der Waals surface area contributed by atoms with Gasteiger partial charge in [-0.05, 0) is 64.0 Å². The lowest BCUT2D eigenvalue weighted by atomic mass is 9.82. The molecule has 8 aromatic rings. The molecule has 9 rings (SSSR count). The molecule has 0 fully saturated rings. The van der Waals surface area contributed by atoms with Crippen molar-refractivity contribution in [2.24, 2.45) is 0 Å². The van der Waals surface area contributed by atoms with E-state index in [0.29, 0.717) is 11.4 Å². The molecule has 0 bridgehead atoms. The molecule has 0 spiro atoms. The molecule has 0 N–H and O–H groups in total. The van der Waals surface area contributed by atoms with Gasteiger partial charge in [-0.2, -0.15) is 0 Å². The second kappa shape index (κ2) is 8.76. The summed E-state index contributed by atoms with van der Waals surface area (Å²) in [5.41, 5.74) is 12.4. The van der Waals surface area contributed by atoms with Crippen LogP contribution in [-0.4, -0.2) is 14.5 Å². The van der Waals surface area contributed by atoms with Crippen molar-refractivity contribution in [2.75, 3.05) is 0 Å². The highest BCUT2D eigenvalue weighted by Crippen LogP contribution is 2.51. The van der Waals surface area contributed by atoms with Crippen LogP contribution in [0.5, 0.6) is 0 Å². The zero-order valence-electron chi connectivity index (χ0n) is 23.9. The monoisotopic (exact) mass is 553 g/mol. The Labute approximate surface area is 248 Å². The van der Waals surface area contributed by atoms with Crippen LogP contribution >= 0.6 is 0 Å². The lowest BCUT2D eigenvalue weighted by Crippen LogP contribution is -2.14. The van der Waals surface area contributed by atoms with Gasteiger partial charge in [0.15, 0.2) is 11.4 Å². The highest BCUT2D eigenvalue weighted by Gasteiger charge is 2.36. The average molecular weight is 554 g/mol. The molecule has 0 saturated heterocycles. The Morgan fingerprint density at radius 3 is 2.35 bits per heavy atom. The molecule has 0 amide bonds. The number of aromatic nitrogens is 3. The standard InChI is InChI=1S/C39H27N3O/c1-39(2)31-17-8-7-16-28(31)29-22-30-34(23-32(29)39)43-37-35(25-12-4-3-5-13-25)40-38(41-36(30)37)26-14-10-15-27(21-26)42-20-19-24-11-6-9-18-33(24)42/h3-23H,1-2H3. The van der Waals surface area contributed by atoms with E-state index in [9.17, 15) is 0 Å². The number of rotatable bonds is 3. The van der Waals surface area contributed by atoms with Crippen LogP contribution in [0.2, 0.25) is 0 Å². The molecule has 5 aromatic carbocycles. The zero-order valence-corrected chi connectivity index (χ0v) is 23.9. The molecule has 3 heterocycles. The van der Waals surface area contributed by atoms with Crippen LogP contribution < -0.4 is 0 Å². The van der Waals surface area contributed by atoms with Gasteiger partial charge in [0.1, 0.15) is 16.8 Å². The van der Waals surface area contributed by atoms with Gasteiger partial charge in [0.2, 0.25) is 0 Å². The maximum Gasteiger partial charge on any atom is 0.180 e. The number of para-hydroxylation sites is 1. The van der Waals surface area contributed by atoms with Gasteiger partial charge in [-0.3, -0.25) is 0 Å². The summed E-state index contributed by atoms with van der Waals surface area (Å²) < 4.78 is 8.86. The number of fused-ring (bicyclic) bond motifs is 7. The highest BCUT2D eigenvalue weighted by atomic mass is 16.3. The fraction of sp³-hybridized carbons (Fsp3) is 0.0769. The predicted molar refractivity (Wildman–Crippen MR) is 175 cm³/mol. The van der Waals surface area contributed by atoms with Crippen LogP contribution in [0, 0.1) is 0 Å². The first-order valence-electron chi connectivity index (χ1n) is 14.7. The minimum Gasteiger partial charge on any atom is -0.452 e. The highest BCUT2D eigenvalue weighted by molar-refractivity contribution is 6.09. The second-order valence-electron chi connectivity index (χ2n) is 11.9. The molecule has 0 radical (unpaired) electrons. The molecule has 4 heteroatoms. The van der Waals surface area contributed by atoms with E-state index < -0.39 is 0 Å². The third-order valence-corrected chi connectivity index (χ3v) is 9.05. The van der Waals surface area contributed by atoms with E-state index in [4.69, 9.17) is 14.4 Å². The quantitative estimate of drug-likeness (QED) is 0.219. The van der Waals surface area contributed by atoms with Gasteiger partial charge in [-0.25, -0.2) is 9.97 Å². The number of hydrogen-bond acceptors (Lipinski definition) is 3. The molecule has 43 heavy (non-hydrogen) atoms. The van der Waals surface area contributed by atoms with E-state index in [1.807, 2.05) is 18.2 Å². The van der Waals surface area contributed by atoms with Gasteiger partial charge in [-0.15, -0.1) is 0 Å². The van der Waals surface area contributed by atoms with E-state index in [1.54, 1.807) is 0 Å². The third-order valence-electron chi connectivity index (χ3n) is 9.05. The summed E-state index contributed by atoms with van der Waals surface area (Å²) in [5.74, 6) is 0.675. The molecular weight excluding hydrogens is 526 g/mol. The summed E-state index contributed by atoms with van der Waals surface area (Å²) in [7, 11) is 0. The van der Waals surface area contributed by atoms with Crippen molar-refractivity contribution in [1.82, 2.24) is 14.5 Å². The average Bonchev–Trinajstić information content (AvgIpc) is 3.71. The SMILES string of the molecule is CC1(C)c2ccccc2-c2cc3c(cc21)oc1c(-c2ccccc2)nc(-c2cccc(-n4ccc5ccccc54)c2)nc13. The van der Waals surface area contributed by atoms with Crippen molar-refractivity contribution in [3.63, 3.8) is 0 Å². The number of nitrogens with zero attached hydrogens (tertiary/aromatic N) is 3. The Balaban J connectivity index is 1.30. The molecular formula is C39H27N3O. The van der Waals surface area contributed by atoms with Crippen LogP contribution in [0.25, 0.3) is 72.4 Å². The second-order valence-corrected chi connectivity index (χ2v) is 11.9. The summed E-state index contributed by atoms with van der Waals surface area (Å²) in [4.78, 5) is 10.4. The van der Waals surface area contributed by atoms with Crippen molar-refractivity contribution in [1.29, 1.82) is 0 Å². The van der Waals surface area contributed by atoms with E-state index in [0.717, 1.165) is 39.0 Å². The molecule has 0 aliphatic heterocycles. The lowest BCUT2D eigenvalue weighted by Gasteiger charge is -2.21. The molecule has 1 aliphatic carbocycles. The van der Waals surface area contributed by atoms with Crippen LogP contribution in [-0.2, 0) is 5.41 Å². The van der Waals surface area contributed by atoms with E-state index >= 15 is 0 Å². The third kappa shape index (κ3) is 3.50. The topological polar surface area (TPSA) is 43.9 Å². The number of furan rings is 1. The molecule has 3 aromatic heterocycles. The lowest BCUT2D eigenvalue weighted by molar-refractivity contribution is 0.647. The largest absolute Gasteiger partial charge is 0.452 e. The Morgan fingerprint density at radius 1 is 0.651 bits per heavy atom. The fourth-order valence-electron chi connectivity index (χ4n) is 6.86. The maximum absolute atomic E-state index is 6.65. The Bertz CT molecular complexity index is 2380. The van der Waals surface area contributed by atoms with Crippen molar-refractivity contribution in [3.05, 3.63) is 139 Å². The van der Waals surface area contributed by atoms with Crippen LogP contribution in [0.1, 0.15) is 25.0 Å². The zero-order chi connectivity index (χ0) is 28.7. The number of benzene rings is 5. The smallest absolute Gasteiger partial charge is 0.180 e. The fourth-order valence-corrected chi connectivity index (χ4v) is 6.86. The van der Waals surface area contributed by atoms with Gasteiger partial charge in [-0.1, -0.05) is 98.8 Å². The normalized spacial score (nSPS) is 13.5. The maximum atomic E-state index is 6.65. The van der Waals surface area contributed by atoms with Crippen molar-refractivity contribution >= 4 is 33.0 Å². The first kappa shape index (κ1) is 24.2. The van der Waals surface area contributed by atoms with Gasteiger partial charge in [0.25, 0.3) is 0 Å². The van der Waals surface area contributed by atoms with E-state index in [-0.39, 0.29) is 5.41 Å². The Kier molecular flexibility index (Phi) is 4.92. The van der Waals surface area contributed by atoms with Crippen LogP contribution in [0.4, 0.5) is 0 Å². The van der Waals surface area contributed by atoms with Crippen molar-refractivity contribution in [3.8, 4) is 39.5 Å². The van der Waals surface area contributed by atoms with Crippen molar-refractivity contribution in [2.45, 2.75) is 19.3 Å². The predicted octanol–water partition coefficient (Wildman–Crippen LogP) is 9.96. The minimum absolute atomic E-state index is 0.110. The van der Waals surface area contributed by atoms with Crippen LogP contribution in [0.15, 0.2) is 132 Å². The van der Waals surface area contributed by atoms with Gasteiger partial charge in [0, 0.05) is 33.8 Å². The van der Waals surface area contributed by atoms with Crippen LogP contribution in [0.3, 0.4) is 0 Å². The Morgan fingerprint density at radius 2 is 1.44 bits per heavy atom. The van der Waals surface area contributed by atoms with Gasteiger partial charge >= 0.3 is 0 Å². The minimum atomic E-state index is -0.110. The first-order chi connectivity index (χ1) is 21.1. The summed E-state index contributed by atoms with van der Waals surface area (Å²) in [6.45, 7) is 4.58. The molecule has 1 aliphatic rings. The van der Waals surface area contributed by atoms with E-state index in [2.05, 4.69) is 128 Å². The molecule has 204 valence electrons. The summed E-state index contributed by atoms with van der Waals surface area (Å²) in [5, 5.41) is 2.22. The summed E-state index contributed by atoms with van der Waals surface area (Å²) in [6, 6.07) is 42.5. The molecule has 4 nitrogen and oxygen atoms in total. The molecule has 0 unspecified atom stereocenters. The van der Waals surface area contributed by atoms with Gasteiger partial charge < -0.3 is 8.98 Å². The molecule has 0 atom stereocenters. The summed E-state index contributed by atoms with van der Waals surface area (Å²) >= 11 is 0. The van der Waals surface area contributed by atoms with Crippen molar-refractivity contribution < 1.29 is 4.42 Å². The van der Waals surface area contributed by atoms with E-state index in [1.165, 1.54) is 33.2 Å². The number of hydrogen-bond donors (Lipinski definition) is 0. The summed E-state index contributed by atoms with van der Waals surface area (Å²) in [6.07, 6.45) is 2.12. The molecule has 0 saturated carbocycles.